The van der Waals surface area contributed by atoms with E-state index in [1.54, 1.807) is 24.3 Å². The molecule has 1 aromatic carbocycles. The second kappa shape index (κ2) is 5.57. The predicted octanol–water partition coefficient (Wildman–Crippen LogP) is 3.93. The molecule has 0 radical (unpaired) electrons. The van der Waals surface area contributed by atoms with Crippen LogP contribution in [0.15, 0.2) is 28.8 Å². The van der Waals surface area contributed by atoms with Crippen molar-refractivity contribution in [2.75, 3.05) is 18.0 Å². The molecule has 2 aliphatic rings. The van der Waals surface area contributed by atoms with Crippen LogP contribution in [0.2, 0.25) is 5.02 Å². The highest BCUT2D eigenvalue weighted by atomic mass is 35.5. The Kier molecular flexibility index (Phi) is 3.53. The van der Waals surface area contributed by atoms with Crippen molar-refractivity contribution in [1.82, 2.24) is 5.16 Å². The third-order valence-electron chi connectivity index (χ3n) is 4.90. The molecular formula is C17H17ClN2O3. The lowest BCUT2D eigenvalue weighted by molar-refractivity contribution is 0.0697. The molecule has 23 heavy (non-hydrogen) atoms. The van der Waals surface area contributed by atoms with Crippen LogP contribution >= 0.6 is 11.6 Å². The minimum Gasteiger partial charge on any atom is -0.477 e. The van der Waals surface area contributed by atoms with E-state index < -0.39 is 5.97 Å². The molecule has 0 spiro atoms. The smallest absolute Gasteiger partial charge is 0.343 e. The van der Waals surface area contributed by atoms with Gasteiger partial charge in [0, 0.05) is 23.7 Å². The number of aromatic carboxylic acids is 1. The Labute approximate surface area is 138 Å². The first-order valence-electron chi connectivity index (χ1n) is 7.85. The van der Waals surface area contributed by atoms with Gasteiger partial charge in [-0.2, -0.15) is 0 Å². The first-order chi connectivity index (χ1) is 11.1. The van der Waals surface area contributed by atoms with E-state index >= 15 is 0 Å². The van der Waals surface area contributed by atoms with Crippen molar-refractivity contribution in [3.05, 3.63) is 34.9 Å². The van der Waals surface area contributed by atoms with Crippen LogP contribution in [0.1, 0.15) is 29.6 Å². The van der Waals surface area contributed by atoms with Gasteiger partial charge >= 0.3 is 5.97 Å². The van der Waals surface area contributed by atoms with Crippen LogP contribution in [0.5, 0.6) is 0 Å². The summed E-state index contributed by atoms with van der Waals surface area (Å²) >= 11 is 5.90. The van der Waals surface area contributed by atoms with Crippen molar-refractivity contribution in [1.29, 1.82) is 0 Å². The molecule has 1 N–H and O–H groups in total. The second-order valence-corrected chi connectivity index (χ2v) is 6.91. The number of hydrogen-bond acceptors (Lipinski definition) is 4. The number of anilines is 1. The molecule has 6 heteroatoms. The van der Waals surface area contributed by atoms with Crippen molar-refractivity contribution in [3.8, 4) is 11.3 Å². The summed E-state index contributed by atoms with van der Waals surface area (Å²) in [6, 6.07) is 6.93. The van der Waals surface area contributed by atoms with Crippen LogP contribution in [0.25, 0.3) is 11.3 Å². The lowest BCUT2D eigenvalue weighted by Gasteiger charge is -2.31. The molecule has 2 heterocycles. The fraction of sp³-hybridized carbons (Fsp3) is 0.412. The molecule has 1 aromatic heterocycles. The quantitative estimate of drug-likeness (QED) is 0.922. The number of hydrogen-bond donors (Lipinski definition) is 1. The van der Waals surface area contributed by atoms with Gasteiger partial charge in [-0.05, 0) is 55.4 Å². The van der Waals surface area contributed by atoms with Gasteiger partial charge in [0.1, 0.15) is 0 Å². The summed E-state index contributed by atoms with van der Waals surface area (Å²) in [6.07, 6.45) is 3.71. The van der Waals surface area contributed by atoms with Gasteiger partial charge in [-0.3, -0.25) is 0 Å². The summed E-state index contributed by atoms with van der Waals surface area (Å²) in [5.41, 5.74) is 0.819. The van der Waals surface area contributed by atoms with Gasteiger partial charge in [0.25, 0.3) is 0 Å². The second-order valence-electron chi connectivity index (χ2n) is 6.47. The van der Waals surface area contributed by atoms with Crippen LogP contribution in [0.4, 0.5) is 5.82 Å². The number of carboxylic acids is 1. The Bertz CT molecular complexity index is 729. The minimum absolute atomic E-state index is 0.147. The monoisotopic (exact) mass is 332 g/mol. The fourth-order valence-electron chi connectivity index (χ4n) is 3.87. The average Bonchev–Trinajstić information content (AvgIpc) is 3.12. The standard InChI is InChI=1S/C17H17ClN2O3/c18-13-5-3-12(4-6-13)15-14(17(21)22)16(19-23-15)20-8-10-1-2-11(7-10)9-20/h3-6,10-11H,1-2,7-9H2,(H,21,22)/t10-,11+. The molecule has 5 nitrogen and oxygen atoms in total. The predicted molar refractivity (Wildman–Crippen MR) is 87.0 cm³/mol. The van der Waals surface area contributed by atoms with Crippen molar-refractivity contribution >= 4 is 23.4 Å². The maximum Gasteiger partial charge on any atom is 0.343 e. The molecule has 0 amide bonds. The number of halogens is 1. The molecule has 1 saturated carbocycles. The van der Waals surface area contributed by atoms with E-state index in [9.17, 15) is 9.90 Å². The van der Waals surface area contributed by atoms with Crippen LogP contribution in [-0.2, 0) is 0 Å². The molecule has 1 aliphatic heterocycles. The van der Waals surface area contributed by atoms with Crippen LogP contribution < -0.4 is 4.90 Å². The molecule has 2 atom stereocenters. The van der Waals surface area contributed by atoms with Gasteiger partial charge in [0.15, 0.2) is 17.1 Å². The topological polar surface area (TPSA) is 66.6 Å². The van der Waals surface area contributed by atoms with Gasteiger partial charge in [0.05, 0.1) is 0 Å². The number of carbonyl (C=O) groups is 1. The van der Waals surface area contributed by atoms with Gasteiger partial charge in [-0.25, -0.2) is 4.79 Å². The van der Waals surface area contributed by atoms with Crippen LogP contribution in [0, 0.1) is 11.8 Å². The Morgan fingerprint density at radius 3 is 2.48 bits per heavy atom. The molecule has 2 aromatic rings. The zero-order chi connectivity index (χ0) is 16.0. The van der Waals surface area contributed by atoms with E-state index in [1.165, 1.54) is 19.3 Å². The summed E-state index contributed by atoms with van der Waals surface area (Å²) in [7, 11) is 0. The van der Waals surface area contributed by atoms with E-state index in [-0.39, 0.29) is 5.56 Å². The number of nitrogens with zero attached hydrogens (tertiary/aromatic N) is 2. The zero-order valence-corrected chi connectivity index (χ0v) is 13.3. The Hall–Kier alpha value is -2.01. The molecule has 4 rings (SSSR count). The first-order valence-corrected chi connectivity index (χ1v) is 8.23. The van der Waals surface area contributed by atoms with E-state index in [1.807, 2.05) is 0 Å². The van der Waals surface area contributed by atoms with Crippen molar-refractivity contribution in [3.63, 3.8) is 0 Å². The Balaban J connectivity index is 1.73. The number of piperidine rings is 1. The van der Waals surface area contributed by atoms with Crippen molar-refractivity contribution < 1.29 is 14.4 Å². The number of carboxylic acid groups (broad SMARTS) is 1. The SMILES string of the molecule is O=C(O)c1c(N2C[C@@H]3CC[C@@H](C3)C2)noc1-c1ccc(Cl)cc1. The number of fused-ring (bicyclic) bond motifs is 2. The first kappa shape index (κ1) is 14.6. The summed E-state index contributed by atoms with van der Waals surface area (Å²) in [6.45, 7) is 1.73. The summed E-state index contributed by atoms with van der Waals surface area (Å²) in [5.74, 6) is 1.03. The number of benzene rings is 1. The summed E-state index contributed by atoms with van der Waals surface area (Å²) < 4.78 is 5.41. The molecule has 120 valence electrons. The van der Waals surface area contributed by atoms with Crippen molar-refractivity contribution in [2.45, 2.75) is 19.3 Å². The lowest BCUT2D eigenvalue weighted by atomic mass is 9.98. The third-order valence-corrected chi connectivity index (χ3v) is 5.15. The highest BCUT2D eigenvalue weighted by Gasteiger charge is 2.36. The minimum atomic E-state index is -1.01. The highest BCUT2D eigenvalue weighted by molar-refractivity contribution is 6.30. The van der Waals surface area contributed by atoms with Gasteiger partial charge < -0.3 is 14.5 Å². The maximum absolute atomic E-state index is 11.8. The van der Waals surface area contributed by atoms with Crippen LogP contribution in [-0.4, -0.2) is 29.3 Å². The van der Waals surface area contributed by atoms with Crippen molar-refractivity contribution in [2.24, 2.45) is 11.8 Å². The lowest BCUT2D eigenvalue weighted by Crippen LogP contribution is -2.37. The summed E-state index contributed by atoms with van der Waals surface area (Å²) in [5, 5.41) is 14.4. The van der Waals surface area contributed by atoms with Crippen LogP contribution in [0.3, 0.4) is 0 Å². The Morgan fingerprint density at radius 2 is 1.87 bits per heavy atom. The fourth-order valence-corrected chi connectivity index (χ4v) is 4.00. The Morgan fingerprint density at radius 1 is 1.22 bits per heavy atom. The number of rotatable bonds is 3. The zero-order valence-electron chi connectivity index (χ0n) is 12.5. The largest absolute Gasteiger partial charge is 0.477 e. The third kappa shape index (κ3) is 2.59. The summed E-state index contributed by atoms with van der Waals surface area (Å²) in [4.78, 5) is 13.9. The van der Waals surface area contributed by atoms with E-state index in [0.29, 0.717) is 34.0 Å². The van der Waals surface area contributed by atoms with Gasteiger partial charge in [-0.15, -0.1) is 0 Å². The molecule has 0 unspecified atom stereocenters. The van der Waals surface area contributed by atoms with Gasteiger partial charge in [0.2, 0.25) is 0 Å². The molecular weight excluding hydrogens is 316 g/mol. The average molecular weight is 333 g/mol. The van der Waals surface area contributed by atoms with Gasteiger partial charge in [-0.1, -0.05) is 16.8 Å². The van der Waals surface area contributed by atoms with E-state index in [0.717, 1.165) is 13.1 Å². The number of aromatic nitrogens is 1. The molecule has 2 bridgehead atoms. The highest BCUT2D eigenvalue weighted by Crippen LogP contribution is 2.40. The molecule has 1 saturated heterocycles. The van der Waals surface area contributed by atoms with E-state index in [2.05, 4.69) is 10.1 Å². The molecule has 2 fully saturated rings. The van der Waals surface area contributed by atoms with E-state index in [4.69, 9.17) is 16.1 Å². The maximum atomic E-state index is 11.8. The normalized spacial score (nSPS) is 23.3. The molecule has 1 aliphatic carbocycles.